The molecule has 1 fully saturated rings. The van der Waals surface area contributed by atoms with E-state index in [0.717, 1.165) is 17.2 Å². The minimum absolute atomic E-state index is 0.0140. The normalized spacial score (nSPS) is 27.4. The third kappa shape index (κ3) is 4.45. The van der Waals surface area contributed by atoms with Crippen molar-refractivity contribution in [2.75, 3.05) is 19.0 Å². The summed E-state index contributed by atoms with van der Waals surface area (Å²) in [5, 5.41) is 18.1. The predicted molar refractivity (Wildman–Crippen MR) is 136 cm³/mol. The molecule has 7 atom stereocenters. The predicted octanol–water partition coefficient (Wildman–Crippen LogP) is 3.20. The lowest BCUT2D eigenvalue weighted by Crippen LogP contribution is -2.52. The monoisotopic (exact) mass is 477 g/mol. The molecule has 2 aliphatic rings. The van der Waals surface area contributed by atoms with Gasteiger partial charge >= 0.3 is 0 Å². The van der Waals surface area contributed by atoms with Crippen LogP contribution in [0.5, 0.6) is 0 Å². The summed E-state index contributed by atoms with van der Waals surface area (Å²) >= 11 is 0. The molecule has 0 spiro atoms. The highest BCUT2D eigenvalue weighted by atomic mass is 16.3. The Labute approximate surface area is 206 Å². The van der Waals surface area contributed by atoms with Gasteiger partial charge in [0.1, 0.15) is 6.04 Å². The number of allylic oxidation sites excluding steroid dienone is 1. The summed E-state index contributed by atoms with van der Waals surface area (Å²) in [7, 11) is 1.57. The fourth-order valence-electron chi connectivity index (χ4n) is 5.76. The Balaban J connectivity index is 1.74. The van der Waals surface area contributed by atoms with E-state index in [1.54, 1.807) is 11.9 Å². The number of carbonyl (C=O) groups excluding carboxylic acids is 3. The highest BCUT2D eigenvalue weighted by molar-refractivity contribution is 6.03. The molecule has 2 aromatic rings. The van der Waals surface area contributed by atoms with E-state index in [1.807, 2.05) is 75.4 Å². The summed E-state index contributed by atoms with van der Waals surface area (Å²) in [4.78, 5) is 42.1. The first kappa shape index (κ1) is 24.9. The van der Waals surface area contributed by atoms with Gasteiger partial charge in [-0.1, -0.05) is 69.7 Å². The molecule has 0 bridgehead atoms. The number of nitrogens with one attached hydrogen (secondary N) is 2. The summed E-state index contributed by atoms with van der Waals surface area (Å²) in [6.07, 6.45) is 4.60. The van der Waals surface area contributed by atoms with Gasteiger partial charge in [-0.25, -0.2) is 0 Å². The fraction of sp³-hybridized carbons (Fsp3) is 0.464. The van der Waals surface area contributed by atoms with E-state index in [-0.39, 0.29) is 36.2 Å². The van der Waals surface area contributed by atoms with Crippen molar-refractivity contribution >= 4 is 34.2 Å². The molecule has 7 nitrogen and oxygen atoms in total. The summed E-state index contributed by atoms with van der Waals surface area (Å²) < 4.78 is 0. The second kappa shape index (κ2) is 10.2. The number of hydrogen-bond donors (Lipinski definition) is 3. The number of anilines is 1. The van der Waals surface area contributed by atoms with Crippen molar-refractivity contribution in [1.29, 1.82) is 0 Å². The van der Waals surface area contributed by atoms with Crippen LogP contribution in [0.3, 0.4) is 0 Å². The molecular weight excluding hydrogens is 442 g/mol. The maximum Gasteiger partial charge on any atom is 0.247 e. The molecule has 0 saturated carbocycles. The number of nitrogens with zero attached hydrogens (tertiary/aromatic N) is 1. The maximum absolute atomic E-state index is 13.9. The number of aliphatic hydroxyl groups excluding tert-OH is 1. The minimum atomic E-state index is -0.818. The molecule has 0 aromatic heterocycles. The van der Waals surface area contributed by atoms with Crippen molar-refractivity contribution in [2.24, 2.45) is 29.6 Å². The van der Waals surface area contributed by atoms with Gasteiger partial charge in [-0.3, -0.25) is 14.4 Å². The van der Waals surface area contributed by atoms with Crippen molar-refractivity contribution in [3.8, 4) is 0 Å². The Morgan fingerprint density at radius 1 is 1.09 bits per heavy atom. The van der Waals surface area contributed by atoms with E-state index in [2.05, 4.69) is 10.6 Å². The Morgan fingerprint density at radius 3 is 2.46 bits per heavy atom. The van der Waals surface area contributed by atoms with Crippen molar-refractivity contribution in [2.45, 2.75) is 39.3 Å². The maximum atomic E-state index is 13.9. The number of aliphatic hydroxyl groups is 1. The average Bonchev–Trinajstić information content (AvgIpc) is 3.16. The molecule has 1 aliphatic carbocycles. The van der Waals surface area contributed by atoms with Crippen LogP contribution < -0.4 is 10.6 Å². The molecule has 0 unspecified atom stereocenters. The number of carbonyl (C=O) groups is 3. The quantitative estimate of drug-likeness (QED) is 0.534. The van der Waals surface area contributed by atoms with Crippen LogP contribution in [0.1, 0.15) is 27.2 Å². The summed E-state index contributed by atoms with van der Waals surface area (Å²) in [5.41, 5.74) is 0.643. The van der Waals surface area contributed by atoms with Gasteiger partial charge in [-0.05, 0) is 34.7 Å². The van der Waals surface area contributed by atoms with Gasteiger partial charge < -0.3 is 20.6 Å². The first-order valence-corrected chi connectivity index (χ1v) is 12.4. The molecular formula is C28H35N3O4. The molecule has 2 aromatic carbocycles. The van der Waals surface area contributed by atoms with Crippen LogP contribution in [0.2, 0.25) is 0 Å². The van der Waals surface area contributed by atoms with Crippen molar-refractivity contribution < 1.29 is 19.5 Å². The first-order chi connectivity index (χ1) is 16.8. The van der Waals surface area contributed by atoms with Gasteiger partial charge in [-0.15, -0.1) is 0 Å². The van der Waals surface area contributed by atoms with Gasteiger partial charge in [0.2, 0.25) is 17.7 Å². The Bertz CT molecular complexity index is 1150. The zero-order valence-corrected chi connectivity index (χ0v) is 20.8. The van der Waals surface area contributed by atoms with Crippen LogP contribution >= 0.6 is 0 Å². The topological polar surface area (TPSA) is 98.7 Å². The van der Waals surface area contributed by atoms with E-state index in [4.69, 9.17) is 0 Å². The van der Waals surface area contributed by atoms with Crippen LogP contribution in [0.15, 0.2) is 54.6 Å². The molecule has 0 radical (unpaired) electrons. The lowest BCUT2D eigenvalue weighted by molar-refractivity contribution is -0.143. The van der Waals surface area contributed by atoms with Crippen LogP contribution in [0.4, 0.5) is 5.69 Å². The van der Waals surface area contributed by atoms with Crippen LogP contribution in [0.25, 0.3) is 10.8 Å². The van der Waals surface area contributed by atoms with E-state index in [0.29, 0.717) is 5.69 Å². The van der Waals surface area contributed by atoms with E-state index >= 15 is 0 Å². The van der Waals surface area contributed by atoms with Crippen LogP contribution in [0, 0.1) is 29.6 Å². The van der Waals surface area contributed by atoms with E-state index < -0.39 is 29.8 Å². The third-order valence-corrected chi connectivity index (χ3v) is 7.89. The van der Waals surface area contributed by atoms with Gasteiger partial charge in [0, 0.05) is 18.7 Å². The minimum Gasteiger partial charge on any atom is -0.394 e. The molecule has 3 amide bonds. The number of likely N-dealkylation sites (tertiary alicyclic amines) is 1. The standard InChI is InChI=1S/C28H35N3O4/c1-5-16(2)22(15-32)31-25(21-13-10-17(3)23(26(33)29-4)24(21)28(31)35)27(34)30-20-12-11-18-8-6-7-9-19(18)14-20/h6-14,16-17,21-25,32H,5,15H2,1-4H3,(H,29,33)(H,30,34)/t16-,17+,21-,22-,23+,24+,25-/m0/s1. The number of rotatable bonds is 7. The first-order valence-electron chi connectivity index (χ1n) is 12.4. The smallest absolute Gasteiger partial charge is 0.247 e. The molecule has 3 N–H and O–H groups in total. The van der Waals surface area contributed by atoms with Crippen LogP contribution in [-0.2, 0) is 14.4 Å². The third-order valence-electron chi connectivity index (χ3n) is 7.89. The molecule has 1 aliphatic heterocycles. The molecule has 7 heteroatoms. The highest BCUT2D eigenvalue weighted by Gasteiger charge is 2.58. The Morgan fingerprint density at radius 2 is 1.80 bits per heavy atom. The summed E-state index contributed by atoms with van der Waals surface area (Å²) in [6, 6.07) is 12.3. The van der Waals surface area contributed by atoms with Crippen LogP contribution in [-0.4, -0.2) is 53.5 Å². The molecule has 1 heterocycles. The Hall–Kier alpha value is -3.19. The Kier molecular flexibility index (Phi) is 7.26. The molecule has 4 rings (SSSR count). The summed E-state index contributed by atoms with van der Waals surface area (Å²) in [6.45, 7) is 5.65. The van der Waals surface area contributed by atoms with Gasteiger partial charge in [0.15, 0.2) is 0 Å². The van der Waals surface area contributed by atoms with Crippen molar-refractivity contribution in [1.82, 2.24) is 10.2 Å². The average molecular weight is 478 g/mol. The number of hydrogen-bond acceptors (Lipinski definition) is 4. The molecule has 1 saturated heterocycles. The molecule has 186 valence electrons. The lowest BCUT2D eigenvalue weighted by atomic mass is 9.70. The fourth-order valence-corrected chi connectivity index (χ4v) is 5.76. The zero-order valence-electron chi connectivity index (χ0n) is 20.8. The van der Waals surface area contributed by atoms with Crippen molar-refractivity contribution in [3.05, 3.63) is 54.6 Å². The van der Waals surface area contributed by atoms with Crippen molar-refractivity contribution in [3.63, 3.8) is 0 Å². The zero-order chi connectivity index (χ0) is 25.3. The van der Waals surface area contributed by atoms with E-state index in [1.165, 1.54) is 0 Å². The largest absolute Gasteiger partial charge is 0.394 e. The molecule has 35 heavy (non-hydrogen) atoms. The lowest BCUT2D eigenvalue weighted by Gasteiger charge is -2.36. The second-order valence-corrected chi connectivity index (χ2v) is 9.86. The van der Waals surface area contributed by atoms with Gasteiger partial charge in [0.25, 0.3) is 0 Å². The number of amides is 3. The summed E-state index contributed by atoms with van der Waals surface area (Å²) in [5.74, 6) is -2.58. The highest BCUT2D eigenvalue weighted by Crippen LogP contribution is 2.45. The number of benzene rings is 2. The second-order valence-electron chi connectivity index (χ2n) is 9.86. The van der Waals surface area contributed by atoms with E-state index in [9.17, 15) is 19.5 Å². The van der Waals surface area contributed by atoms with Gasteiger partial charge in [0.05, 0.1) is 24.5 Å². The SMILES string of the molecule is CC[C@H](C)[C@H](CO)N1C(=O)[C@@H]2[C@H](C=C[C@@H](C)[C@H]2C(=O)NC)[C@H]1C(=O)Nc1ccc2ccccc2c1. The number of fused-ring (bicyclic) bond motifs is 2. The van der Waals surface area contributed by atoms with Gasteiger partial charge in [-0.2, -0.15) is 0 Å².